The van der Waals surface area contributed by atoms with Crippen molar-refractivity contribution in [3.05, 3.63) is 84.6 Å². The number of nitrogens with zero attached hydrogens (tertiary/aromatic N) is 2. The number of aromatic nitrogens is 4. The number of nitrogens with one attached hydrogen (secondary N) is 4. The number of carbonyl (C=O) groups excluding carboxylic acids is 2. The van der Waals surface area contributed by atoms with Gasteiger partial charge in [-0.2, -0.15) is 0 Å². The molecule has 2 aromatic heterocycles. The van der Waals surface area contributed by atoms with Crippen molar-refractivity contribution >= 4 is 50.2 Å². The normalized spacial score (nSPS) is 17.1. The SMILES string of the molecule is CC[C@@H](C(=N)C(=O)OC(C)(C)C)c1ncc(-c2ccc3cc(-c4ccc5c(ccc6nc([C@@H]7CCNC7OC(=O)C(C)(C)C)[nH]c65)c4)ccc3c2)[nH]1. The number of imidazole rings is 2. The van der Waals surface area contributed by atoms with Crippen LogP contribution in [0.4, 0.5) is 0 Å². The molecular weight excluding hydrogens is 652 g/mol. The Labute approximate surface area is 303 Å². The number of fused-ring (bicyclic) bond motifs is 4. The van der Waals surface area contributed by atoms with Crippen molar-refractivity contribution in [2.75, 3.05) is 6.54 Å². The van der Waals surface area contributed by atoms with Gasteiger partial charge in [-0.1, -0.05) is 49.4 Å². The number of hydrogen-bond acceptors (Lipinski definition) is 8. The summed E-state index contributed by atoms with van der Waals surface area (Å²) in [6.45, 7) is 13.7. The first kappa shape index (κ1) is 35.1. The summed E-state index contributed by atoms with van der Waals surface area (Å²) < 4.78 is 11.3. The molecule has 52 heavy (non-hydrogen) atoms. The Morgan fingerprint density at radius 2 is 1.54 bits per heavy atom. The van der Waals surface area contributed by atoms with Gasteiger partial charge in [0, 0.05) is 10.9 Å². The quantitative estimate of drug-likeness (QED) is 0.0918. The Kier molecular flexibility index (Phi) is 8.99. The molecule has 1 saturated heterocycles. The molecule has 10 nitrogen and oxygen atoms in total. The number of esters is 2. The maximum Gasteiger partial charge on any atom is 0.353 e. The van der Waals surface area contributed by atoms with E-state index in [2.05, 4.69) is 80.9 Å². The number of ether oxygens (including phenoxy) is 2. The van der Waals surface area contributed by atoms with E-state index in [-0.39, 0.29) is 17.6 Å². The van der Waals surface area contributed by atoms with Crippen LogP contribution in [0.5, 0.6) is 0 Å². The molecule has 0 bridgehead atoms. The van der Waals surface area contributed by atoms with E-state index in [1.54, 1.807) is 27.0 Å². The maximum absolute atomic E-state index is 12.6. The molecule has 6 aromatic rings. The summed E-state index contributed by atoms with van der Waals surface area (Å²) in [6, 6.07) is 23.4. The molecule has 1 fully saturated rings. The Morgan fingerprint density at radius 1 is 0.885 bits per heavy atom. The predicted molar refractivity (Wildman–Crippen MR) is 205 cm³/mol. The van der Waals surface area contributed by atoms with Gasteiger partial charge in [-0.25, -0.2) is 14.8 Å². The Balaban J connectivity index is 1.11. The summed E-state index contributed by atoms with van der Waals surface area (Å²) >= 11 is 0. The fraction of sp³-hybridized carbons (Fsp3) is 0.357. The Bertz CT molecular complexity index is 2340. The molecule has 3 heterocycles. The van der Waals surface area contributed by atoms with Crippen molar-refractivity contribution in [3.63, 3.8) is 0 Å². The summed E-state index contributed by atoms with van der Waals surface area (Å²) in [4.78, 5) is 41.6. The third-order valence-electron chi connectivity index (χ3n) is 9.64. The zero-order valence-electron chi connectivity index (χ0n) is 30.8. The first-order valence-electron chi connectivity index (χ1n) is 18.0. The van der Waals surface area contributed by atoms with Crippen molar-refractivity contribution in [1.29, 1.82) is 5.41 Å². The lowest BCUT2D eigenvalue weighted by Gasteiger charge is -2.23. The van der Waals surface area contributed by atoms with Gasteiger partial charge in [-0.3, -0.25) is 15.5 Å². The molecule has 0 radical (unpaired) electrons. The summed E-state index contributed by atoms with van der Waals surface area (Å²) in [7, 11) is 0. The summed E-state index contributed by atoms with van der Waals surface area (Å²) in [5, 5.41) is 16.2. The van der Waals surface area contributed by atoms with E-state index >= 15 is 0 Å². The minimum atomic E-state index is -0.669. The van der Waals surface area contributed by atoms with Gasteiger partial charge < -0.3 is 19.4 Å². The average Bonchev–Trinajstić information content (AvgIpc) is 3.87. The molecule has 4 aromatic carbocycles. The molecule has 1 aliphatic heterocycles. The van der Waals surface area contributed by atoms with Crippen LogP contribution in [0.2, 0.25) is 0 Å². The van der Waals surface area contributed by atoms with Crippen molar-refractivity contribution in [2.24, 2.45) is 5.41 Å². The van der Waals surface area contributed by atoms with Crippen molar-refractivity contribution in [2.45, 2.75) is 85.0 Å². The lowest BCUT2D eigenvalue weighted by molar-refractivity contribution is -0.160. The number of rotatable bonds is 8. The largest absolute Gasteiger partial charge is 0.455 e. The summed E-state index contributed by atoms with van der Waals surface area (Å²) in [6.07, 6.45) is 2.72. The zero-order valence-corrected chi connectivity index (χ0v) is 30.8. The monoisotopic (exact) mass is 698 g/mol. The van der Waals surface area contributed by atoms with Crippen LogP contribution in [0, 0.1) is 10.8 Å². The fourth-order valence-electron chi connectivity index (χ4n) is 6.82. The minimum absolute atomic E-state index is 0.0477. The highest BCUT2D eigenvalue weighted by molar-refractivity contribution is 6.37. The second-order valence-electron chi connectivity index (χ2n) is 15.8. The third-order valence-corrected chi connectivity index (χ3v) is 9.64. The van der Waals surface area contributed by atoms with Crippen LogP contribution >= 0.6 is 0 Å². The number of hydrogen-bond donors (Lipinski definition) is 4. The van der Waals surface area contributed by atoms with E-state index in [4.69, 9.17) is 19.9 Å². The molecular formula is C42H46N6O4. The van der Waals surface area contributed by atoms with E-state index in [9.17, 15) is 9.59 Å². The van der Waals surface area contributed by atoms with Gasteiger partial charge in [0.15, 0.2) is 6.23 Å². The van der Waals surface area contributed by atoms with Gasteiger partial charge >= 0.3 is 11.9 Å². The third kappa shape index (κ3) is 6.95. The predicted octanol–water partition coefficient (Wildman–Crippen LogP) is 8.77. The van der Waals surface area contributed by atoms with E-state index in [0.29, 0.717) is 12.2 Å². The van der Waals surface area contributed by atoms with Crippen LogP contribution in [0.25, 0.3) is 55.0 Å². The topological polar surface area (TPSA) is 146 Å². The van der Waals surface area contributed by atoms with Crippen molar-refractivity contribution in [1.82, 2.24) is 25.3 Å². The zero-order chi connectivity index (χ0) is 36.9. The van der Waals surface area contributed by atoms with Gasteiger partial charge in [0.25, 0.3) is 0 Å². The second-order valence-corrected chi connectivity index (χ2v) is 15.8. The average molecular weight is 699 g/mol. The molecule has 10 heteroatoms. The van der Waals surface area contributed by atoms with Crippen LogP contribution in [-0.2, 0) is 19.1 Å². The number of benzene rings is 4. The number of aromatic amines is 2. The fourth-order valence-corrected chi connectivity index (χ4v) is 6.82. The van der Waals surface area contributed by atoms with Gasteiger partial charge in [0.2, 0.25) is 0 Å². The lowest BCUT2D eigenvalue weighted by Crippen LogP contribution is -2.36. The summed E-state index contributed by atoms with van der Waals surface area (Å²) in [5.41, 5.74) is 4.54. The molecule has 3 atom stereocenters. The molecule has 4 N–H and O–H groups in total. The van der Waals surface area contributed by atoms with E-state index in [0.717, 1.165) is 73.8 Å². The number of carbonyl (C=O) groups is 2. The minimum Gasteiger partial charge on any atom is -0.455 e. The second kappa shape index (κ2) is 13.3. The van der Waals surface area contributed by atoms with Crippen molar-refractivity contribution < 1.29 is 19.1 Å². The highest BCUT2D eigenvalue weighted by atomic mass is 16.6. The first-order chi connectivity index (χ1) is 24.7. The van der Waals surface area contributed by atoms with Crippen LogP contribution in [0.15, 0.2) is 72.9 Å². The standard InChI is InChI=1S/C42H46N6O4/c1-8-29(34(43)39(49)52-42(5,6)7)36-45-22-33(47-36)28-12-11-24-19-23(9-10-25(24)21-28)26-13-15-30-27(20-26)14-16-32-35(30)48-37(46-32)31-17-18-44-38(31)51-40(50)41(2,3)4/h9-16,19-22,29,31,38,43-44H,8,17-18H2,1-7H3,(H,45,47)(H,46,48)/t29-,31-,38?/m0/s1. The van der Waals surface area contributed by atoms with Crippen LogP contribution < -0.4 is 5.32 Å². The van der Waals surface area contributed by atoms with Crippen LogP contribution in [-0.4, -0.2) is 56.0 Å². The molecule has 0 aliphatic carbocycles. The molecule has 1 unspecified atom stereocenters. The maximum atomic E-state index is 12.6. The van der Waals surface area contributed by atoms with E-state index in [1.807, 2.05) is 33.8 Å². The Hall–Kier alpha value is -5.35. The highest BCUT2D eigenvalue weighted by Gasteiger charge is 2.36. The van der Waals surface area contributed by atoms with Gasteiger partial charge in [-0.15, -0.1) is 0 Å². The van der Waals surface area contributed by atoms with Crippen LogP contribution in [0.3, 0.4) is 0 Å². The molecule has 0 saturated carbocycles. The van der Waals surface area contributed by atoms with Crippen molar-refractivity contribution in [3.8, 4) is 22.4 Å². The molecule has 0 spiro atoms. The smallest absolute Gasteiger partial charge is 0.353 e. The number of H-pyrrole nitrogens is 2. The molecule has 7 rings (SSSR count). The summed E-state index contributed by atoms with van der Waals surface area (Å²) in [5.74, 6) is 0.0176. The van der Waals surface area contributed by atoms with Crippen LogP contribution in [0.1, 0.15) is 84.8 Å². The van der Waals surface area contributed by atoms with Gasteiger partial charge in [-0.05, 0) is 112 Å². The molecule has 0 amide bonds. The lowest BCUT2D eigenvalue weighted by atomic mass is 9.97. The Morgan fingerprint density at radius 3 is 2.23 bits per heavy atom. The van der Waals surface area contributed by atoms with E-state index in [1.165, 1.54) is 0 Å². The van der Waals surface area contributed by atoms with Gasteiger partial charge in [0.05, 0.1) is 40.2 Å². The molecule has 268 valence electrons. The van der Waals surface area contributed by atoms with E-state index < -0.39 is 29.1 Å². The highest BCUT2D eigenvalue weighted by Crippen LogP contribution is 2.35. The molecule has 1 aliphatic rings. The first-order valence-corrected chi connectivity index (χ1v) is 18.0. The van der Waals surface area contributed by atoms with Gasteiger partial charge in [0.1, 0.15) is 23.0 Å².